The number of carbonyl (C=O) groups excluding carboxylic acids is 1. The minimum absolute atomic E-state index is 0.384. The van der Waals surface area contributed by atoms with E-state index in [4.69, 9.17) is 26.2 Å². The van der Waals surface area contributed by atoms with Crippen molar-refractivity contribution in [3.8, 4) is 5.75 Å². The van der Waals surface area contributed by atoms with Crippen molar-refractivity contribution in [2.75, 3.05) is 37.8 Å². The molecular formula is C28H37B2N5O3S2. The molecule has 0 aliphatic carbocycles. The molecule has 2 unspecified atom stereocenters. The zero-order chi connectivity index (χ0) is 29.1. The van der Waals surface area contributed by atoms with Gasteiger partial charge in [0.2, 0.25) is 0 Å². The van der Waals surface area contributed by atoms with Crippen molar-refractivity contribution in [2.24, 2.45) is 10.7 Å². The number of likely N-dealkylation sites (tertiary alicyclic amines) is 1. The van der Waals surface area contributed by atoms with Crippen LogP contribution in [0, 0.1) is 0 Å². The molecular weight excluding hydrogens is 540 g/mol. The van der Waals surface area contributed by atoms with E-state index in [0.29, 0.717) is 29.3 Å². The lowest BCUT2D eigenvalue weighted by Crippen LogP contribution is -2.46. The van der Waals surface area contributed by atoms with Gasteiger partial charge in [0.1, 0.15) is 21.4 Å². The molecule has 2 fully saturated rings. The van der Waals surface area contributed by atoms with Gasteiger partial charge in [0, 0.05) is 78.5 Å². The third kappa shape index (κ3) is 9.83. The van der Waals surface area contributed by atoms with Crippen LogP contribution in [0.4, 0.5) is 11.4 Å². The van der Waals surface area contributed by atoms with Crippen LogP contribution in [-0.2, 0) is 22.3 Å². The molecule has 0 aromatic heterocycles. The largest absolute Gasteiger partial charge is 0.509 e. The molecule has 210 valence electrons. The highest BCUT2D eigenvalue weighted by atomic mass is 32.2. The number of nitrogens with two attached hydrogens (primary N) is 1. The quantitative estimate of drug-likeness (QED) is 0.139. The lowest BCUT2D eigenvalue weighted by Gasteiger charge is -2.37. The molecule has 2 aromatic carbocycles. The maximum Gasteiger partial charge on any atom is 0.153 e. The summed E-state index contributed by atoms with van der Waals surface area (Å²) in [4.78, 5) is 18.0. The number of hydrogen-bond donors (Lipinski definition) is 3. The smallest absolute Gasteiger partial charge is 0.153 e. The molecule has 0 amide bonds. The van der Waals surface area contributed by atoms with Gasteiger partial charge in [-0.25, -0.2) is 8.51 Å². The average Bonchev–Trinajstić information content (AvgIpc) is 3.37. The van der Waals surface area contributed by atoms with Crippen molar-refractivity contribution in [3.63, 3.8) is 0 Å². The molecule has 2 aliphatic rings. The van der Waals surface area contributed by atoms with Crippen molar-refractivity contribution in [1.29, 1.82) is 0 Å². The molecule has 2 atom stereocenters. The molecule has 40 heavy (non-hydrogen) atoms. The molecule has 0 saturated carbocycles. The highest BCUT2D eigenvalue weighted by molar-refractivity contribution is 7.82. The Labute approximate surface area is 248 Å². The van der Waals surface area contributed by atoms with Gasteiger partial charge in [0.05, 0.1) is 22.2 Å². The van der Waals surface area contributed by atoms with E-state index in [-0.39, 0.29) is 0 Å². The molecule has 0 bridgehead atoms. The highest BCUT2D eigenvalue weighted by Crippen LogP contribution is 2.28. The minimum Gasteiger partial charge on any atom is -0.509 e. The third-order valence-electron chi connectivity index (χ3n) is 6.64. The summed E-state index contributed by atoms with van der Waals surface area (Å²) >= 11 is 4.15. The Hall–Kier alpha value is -2.53. The van der Waals surface area contributed by atoms with Crippen LogP contribution >= 0.6 is 12.6 Å². The summed E-state index contributed by atoms with van der Waals surface area (Å²) in [6, 6.07) is 13.7. The van der Waals surface area contributed by atoms with Crippen LogP contribution in [0.15, 0.2) is 63.6 Å². The van der Waals surface area contributed by atoms with Crippen LogP contribution < -0.4 is 15.8 Å². The topological polar surface area (TPSA) is 100 Å². The lowest BCUT2D eigenvalue weighted by molar-refractivity contribution is -0.104. The molecule has 2 aromatic rings. The second kappa shape index (κ2) is 16.0. The predicted molar refractivity (Wildman–Crippen MR) is 169 cm³/mol. The molecule has 3 N–H and O–H groups in total. The Bertz CT molecular complexity index is 1210. The number of ether oxygens (including phenoxy) is 1. The molecule has 2 aliphatic heterocycles. The zero-order valence-corrected chi connectivity index (χ0v) is 24.9. The SMILES string of the molecule is C/C(N)=C(\C=O)C=Nc1ccc(S)cc1.[B]C([B])Oc1cc(NC)ccc1CN1CCCC(N2CCCS2=O)C1. The monoisotopic (exact) mass is 577 g/mol. The van der Waals surface area contributed by atoms with Gasteiger partial charge in [-0.1, -0.05) is 6.07 Å². The van der Waals surface area contributed by atoms with E-state index in [0.717, 1.165) is 73.0 Å². The molecule has 8 nitrogen and oxygen atoms in total. The fourth-order valence-electron chi connectivity index (χ4n) is 4.57. The van der Waals surface area contributed by atoms with Gasteiger partial charge < -0.3 is 15.8 Å². The van der Waals surface area contributed by atoms with E-state index < -0.39 is 16.9 Å². The Kier molecular flexibility index (Phi) is 12.8. The average molecular weight is 577 g/mol. The minimum atomic E-state index is -0.841. The first-order valence-electron chi connectivity index (χ1n) is 13.3. The number of hydrogen-bond acceptors (Lipinski definition) is 8. The van der Waals surface area contributed by atoms with E-state index >= 15 is 0 Å². The Morgan fingerprint density at radius 2 is 2.00 bits per heavy atom. The Morgan fingerprint density at radius 3 is 2.60 bits per heavy atom. The van der Waals surface area contributed by atoms with Crippen molar-refractivity contribution in [1.82, 2.24) is 9.21 Å². The van der Waals surface area contributed by atoms with Crippen LogP contribution in [-0.4, -0.2) is 86.0 Å². The number of rotatable bonds is 9. The van der Waals surface area contributed by atoms with Crippen LogP contribution in [0.2, 0.25) is 0 Å². The summed E-state index contributed by atoms with van der Waals surface area (Å²) in [5.41, 5.74) is 9.12. The second-order valence-corrected chi connectivity index (χ2v) is 11.8. The first kappa shape index (κ1) is 32.0. The summed E-state index contributed by atoms with van der Waals surface area (Å²) in [6.45, 7) is 5.38. The molecule has 4 radical (unpaired) electrons. The van der Waals surface area contributed by atoms with Crippen LogP contribution in [0.5, 0.6) is 5.75 Å². The van der Waals surface area contributed by atoms with Gasteiger partial charge >= 0.3 is 0 Å². The standard InChI is InChI=1S/C17H25B2N3O2S.C11H12N2OS/c1-20-14-6-5-13(16(10-14)24-17(18)19)11-21-7-2-4-15(12-21)22-8-3-9-25(22)23;1-8(12)9(7-14)6-13-10-2-4-11(15)5-3-10/h5-6,10,15,17,20H,2-4,7-9,11-12H2,1H3;2-7,15H,12H2,1H3/b;9-8+,13-6?. The fourth-order valence-corrected chi connectivity index (χ4v) is 6.16. The number of benzene rings is 2. The number of nitrogens with zero attached hydrogens (tertiary/aromatic N) is 3. The fraction of sp³-hybridized carbons (Fsp3) is 0.429. The summed E-state index contributed by atoms with van der Waals surface area (Å²) in [6.07, 6.45) is 5.43. The summed E-state index contributed by atoms with van der Waals surface area (Å²) in [7, 11) is 12.3. The highest BCUT2D eigenvalue weighted by Gasteiger charge is 2.31. The van der Waals surface area contributed by atoms with Gasteiger partial charge in [-0.3, -0.25) is 14.7 Å². The Morgan fingerprint density at radius 1 is 1.25 bits per heavy atom. The molecule has 12 heteroatoms. The van der Waals surface area contributed by atoms with E-state index in [1.165, 1.54) is 6.21 Å². The van der Waals surface area contributed by atoms with Crippen molar-refractivity contribution in [3.05, 3.63) is 59.3 Å². The summed E-state index contributed by atoms with van der Waals surface area (Å²) < 4.78 is 19.9. The Balaban J connectivity index is 0.000000252. The number of anilines is 1. The van der Waals surface area contributed by atoms with Crippen molar-refractivity contribution in [2.45, 2.75) is 49.6 Å². The van der Waals surface area contributed by atoms with Gasteiger partial charge in [0.25, 0.3) is 0 Å². The van der Waals surface area contributed by atoms with Gasteiger partial charge in [-0.05, 0) is 63.1 Å². The molecule has 2 saturated heterocycles. The number of nitrogens with one attached hydrogen (secondary N) is 1. The van der Waals surface area contributed by atoms with Crippen LogP contribution in [0.3, 0.4) is 0 Å². The van der Waals surface area contributed by atoms with Gasteiger partial charge in [0.15, 0.2) is 6.29 Å². The second-order valence-electron chi connectivity index (χ2n) is 9.74. The van der Waals surface area contributed by atoms with Crippen LogP contribution in [0.1, 0.15) is 31.7 Å². The number of aldehydes is 1. The zero-order valence-electron chi connectivity index (χ0n) is 23.2. The van der Waals surface area contributed by atoms with Gasteiger partial charge in [-0.15, -0.1) is 12.6 Å². The van der Waals surface area contributed by atoms with E-state index in [2.05, 4.69) is 38.2 Å². The van der Waals surface area contributed by atoms with E-state index in [9.17, 15) is 9.00 Å². The number of allylic oxidation sites excluding steroid dienone is 2. The normalized spacial score (nSPS) is 20.6. The number of thiol groups is 1. The predicted octanol–water partition coefficient (Wildman–Crippen LogP) is 3.17. The van der Waals surface area contributed by atoms with Crippen molar-refractivity contribution < 1.29 is 13.7 Å². The number of aliphatic imine (C=N–C) groups is 1. The lowest BCUT2D eigenvalue weighted by atomic mass is 9.82. The maximum absolute atomic E-state index is 12.1. The summed E-state index contributed by atoms with van der Waals surface area (Å²) in [5, 5.41) is 3.10. The molecule has 2 heterocycles. The molecule has 0 spiro atoms. The first-order chi connectivity index (χ1) is 19.2. The number of carbonyl (C=O) groups is 1. The maximum atomic E-state index is 12.1. The molecule has 4 rings (SSSR count). The third-order valence-corrected chi connectivity index (χ3v) is 8.58. The van der Waals surface area contributed by atoms with Gasteiger partial charge in [-0.2, -0.15) is 0 Å². The van der Waals surface area contributed by atoms with E-state index in [1.54, 1.807) is 6.92 Å². The first-order valence-corrected chi connectivity index (χ1v) is 15.0. The summed E-state index contributed by atoms with van der Waals surface area (Å²) in [5.74, 6) is 0.689. The van der Waals surface area contributed by atoms with Crippen molar-refractivity contribution >= 4 is 63.2 Å². The number of piperidine rings is 1. The van der Waals surface area contributed by atoms with Crippen LogP contribution in [0.25, 0.3) is 0 Å². The van der Waals surface area contributed by atoms with E-state index in [1.807, 2.05) is 43.4 Å².